The first-order valence-corrected chi connectivity index (χ1v) is 11.1. The largest absolute Gasteiger partial charge is 0.512 e. The Balaban J connectivity index is 0.000000342. The average Bonchev–Trinajstić information content (AvgIpc) is 3.16. The molecule has 3 aliphatic rings. The molecule has 3 rings (SSSR count). The van der Waals surface area contributed by atoms with Gasteiger partial charge in [0.2, 0.25) is 0 Å². The summed E-state index contributed by atoms with van der Waals surface area (Å²) in [5.41, 5.74) is 2.04. The van der Waals surface area contributed by atoms with Gasteiger partial charge in [0.05, 0.1) is 5.76 Å². The van der Waals surface area contributed by atoms with E-state index in [-0.39, 0.29) is 1.43 Å². The molecule has 1 unspecified atom stereocenters. The molecule has 0 aromatic rings. The molecule has 2 fully saturated rings. The van der Waals surface area contributed by atoms with Crippen LogP contribution in [0.15, 0.2) is 23.5 Å². The highest BCUT2D eigenvalue weighted by Crippen LogP contribution is 2.48. The van der Waals surface area contributed by atoms with Crippen LogP contribution in [0.25, 0.3) is 0 Å². The van der Waals surface area contributed by atoms with Crippen LogP contribution in [0.2, 0.25) is 0 Å². The SMILES string of the molecule is CCC1=CC=C(O)C1.CCCC1(CCCCC2C(=O)CC[C@@H]2C)CCC1.[HH]. The third-order valence-electron chi connectivity index (χ3n) is 6.99. The summed E-state index contributed by atoms with van der Waals surface area (Å²) in [6, 6.07) is 0. The smallest absolute Gasteiger partial charge is 0.136 e. The summed E-state index contributed by atoms with van der Waals surface area (Å²) in [5.74, 6) is 2.12. The fraction of sp³-hybridized carbons (Fsp3) is 0.792. The van der Waals surface area contributed by atoms with Gasteiger partial charge in [-0.05, 0) is 62.4 Å². The first-order chi connectivity index (χ1) is 12.5. The summed E-state index contributed by atoms with van der Waals surface area (Å²) in [7, 11) is 0. The molecule has 0 radical (unpaired) electrons. The number of Topliss-reactive ketones (excluding diaryl/α,β-unsaturated/α-hetero) is 1. The van der Waals surface area contributed by atoms with Crippen molar-refractivity contribution in [3.63, 3.8) is 0 Å². The number of hydrogen-bond acceptors (Lipinski definition) is 2. The molecule has 0 amide bonds. The lowest BCUT2D eigenvalue weighted by molar-refractivity contribution is -0.121. The van der Waals surface area contributed by atoms with E-state index in [0.29, 0.717) is 23.4 Å². The van der Waals surface area contributed by atoms with Crippen LogP contribution in [0, 0.1) is 17.3 Å². The van der Waals surface area contributed by atoms with Crippen LogP contribution in [-0.2, 0) is 4.79 Å². The molecular weight excluding hydrogens is 320 g/mol. The normalized spacial score (nSPS) is 26.7. The van der Waals surface area contributed by atoms with Crippen LogP contribution in [0.3, 0.4) is 0 Å². The van der Waals surface area contributed by atoms with Gasteiger partial charge in [-0.25, -0.2) is 0 Å². The molecule has 3 aliphatic carbocycles. The minimum absolute atomic E-state index is 0. The molecule has 26 heavy (non-hydrogen) atoms. The van der Waals surface area contributed by atoms with Crippen molar-refractivity contribution < 1.29 is 11.3 Å². The summed E-state index contributed by atoms with van der Waals surface area (Å²) in [4.78, 5) is 11.7. The van der Waals surface area contributed by atoms with Crippen molar-refractivity contribution in [2.75, 3.05) is 0 Å². The molecule has 0 saturated heterocycles. The molecular formula is C24H42O2. The Morgan fingerprint density at radius 1 is 1.19 bits per heavy atom. The standard InChI is InChI=1S/C17H30O.C7H10O.H2/c1-3-10-17(12-6-13-17)11-5-4-7-15-14(2)8-9-16(15)18;1-2-6-3-4-7(8)5-6;/h14-15H,3-13H2,1-2H3;3-4,8H,2,5H2,1H3;1H/t14-,15?;;/m0../s1. The van der Waals surface area contributed by atoms with Crippen LogP contribution in [0.1, 0.15) is 106 Å². The van der Waals surface area contributed by atoms with Crippen LogP contribution in [0.5, 0.6) is 0 Å². The summed E-state index contributed by atoms with van der Waals surface area (Å²) in [6.45, 7) is 6.68. The maximum Gasteiger partial charge on any atom is 0.136 e. The van der Waals surface area contributed by atoms with Crippen molar-refractivity contribution in [1.29, 1.82) is 0 Å². The Bertz CT molecular complexity index is 516. The molecule has 0 aromatic heterocycles. The van der Waals surface area contributed by atoms with Crippen LogP contribution in [-0.4, -0.2) is 10.9 Å². The number of carbonyl (C=O) groups excluding carboxylic acids is 1. The second-order valence-electron chi connectivity index (χ2n) is 8.95. The van der Waals surface area contributed by atoms with E-state index in [1.54, 1.807) is 6.08 Å². The van der Waals surface area contributed by atoms with Gasteiger partial charge in [0.1, 0.15) is 5.78 Å². The van der Waals surface area contributed by atoms with E-state index in [1.807, 2.05) is 6.08 Å². The fourth-order valence-electron chi connectivity index (χ4n) is 5.02. The molecule has 0 heterocycles. The zero-order valence-corrected chi connectivity index (χ0v) is 17.4. The maximum atomic E-state index is 11.7. The minimum atomic E-state index is 0. The molecule has 2 heteroatoms. The molecule has 0 aromatic carbocycles. The second-order valence-corrected chi connectivity index (χ2v) is 8.95. The second kappa shape index (κ2) is 10.3. The summed E-state index contributed by atoms with van der Waals surface area (Å²) >= 11 is 0. The Hall–Kier alpha value is -1.05. The van der Waals surface area contributed by atoms with Gasteiger partial charge in [0, 0.05) is 20.2 Å². The van der Waals surface area contributed by atoms with Crippen molar-refractivity contribution in [3.8, 4) is 0 Å². The lowest BCUT2D eigenvalue weighted by atomic mass is 9.63. The Morgan fingerprint density at radius 2 is 1.96 bits per heavy atom. The van der Waals surface area contributed by atoms with Gasteiger partial charge >= 0.3 is 0 Å². The first kappa shape index (κ1) is 21.3. The summed E-state index contributed by atoms with van der Waals surface area (Å²) < 4.78 is 0. The van der Waals surface area contributed by atoms with Gasteiger partial charge in [0.25, 0.3) is 0 Å². The third-order valence-corrected chi connectivity index (χ3v) is 6.99. The summed E-state index contributed by atoms with van der Waals surface area (Å²) in [6.07, 6.45) is 20.0. The quantitative estimate of drug-likeness (QED) is 0.453. The maximum absolute atomic E-state index is 11.7. The van der Waals surface area contributed by atoms with Gasteiger partial charge < -0.3 is 5.11 Å². The zero-order chi connectivity index (χ0) is 19.0. The summed E-state index contributed by atoms with van der Waals surface area (Å²) in [5, 5.41) is 8.84. The number of ketones is 1. The van der Waals surface area contributed by atoms with Gasteiger partial charge in [-0.3, -0.25) is 4.79 Å². The van der Waals surface area contributed by atoms with Gasteiger partial charge in [0.15, 0.2) is 0 Å². The first-order valence-electron chi connectivity index (χ1n) is 11.1. The van der Waals surface area contributed by atoms with E-state index in [4.69, 9.17) is 5.11 Å². The van der Waals surface area contributed by atoms with E-state index < -0.39 is 0 Å². The fourth-order valence-corrected chi connectivity index (χ4v) is 5.02. The number of aliphatic hydroxyl groups is 1. The monoisotopic (exact) mass is 362 g/mol. The number of allylic oxidation sites excluding steroid dienone is 3. The highest BCUT2D eigenvalue weighted by Gasteiger charge is 2.35. The number of rotatable bonds is 8. The van der Waals surface area contributed by atoms with Crippen LogP contribution in [0.4, 0.5) is 0 Å². The van der Waals surface area contributed by atoms with Crippen LogP contribution < -0.4 is 0 Å². The minimum Gasteiger partial charge on any atom is -0.512 e. The van der Waals surface area contributed by atoms with E-state index in [0.717, 1.165) is 31.1 Å². The Morgan fingerprint density at radius 3 is 2.38 bits per heavy atom. The number of hydrogen-bond donors (Lipinski definition) is 1. The van der Waals surface area contributed by atoms with Crippen LogP contribution >= 0.6 is 0 Å². The zero-order valence-electron chi connectivity index (χ0n) is 17.4. The lowest BCUT2D eigenvalue weighted by Crippen LogP contribution is -2.29. The van der Waals surface area contributed by atoms with Crippen molar-refractivity contribution in [2.45, 2.75) is 104 Å². The van der Waals surface area contributed by atoms with E-state index in [2.05, 4.69) is 20.8 Å². The van der Waals surface area contributed by atoms with E-state index in [1.165, 1.54) is 63.4 Å². The molecule has 0 bridgehead atoms. The highest BCUT2D eigenvalue weighted by atomic mass is 16.3. The van der Waals surface area contributed by atoms with Crippen molar-refractivity contribution in [2.24, 2.45) is 17.3 Å². The number of unbranched alkanes of at least 4 members (excludes halogenated alkanes) is 1. The predicted molar refractivity (Wildman–Crippen MR) is 112 cm³/mol. The topological polar surface area (TPSA) is 37.3 Å². The molecule has 1 N–H and O–H groups in total. The van der Waals surface area contributed by atoms with E-state index in [9.17, 15) is 4.79 Å². The van der Waals surface area contributed by atoms with Gasteiger partial charge in [-0.2, -0.15) is 0 Å². The Labute approximate surface area is 162 Å². The highest BCUT2D eigenvalue weighted by molar-refractivity contribution is 5.83. The van der Waals surface area contributed by atoms with Gasteiger partial charge in [-0.15, -0.1) is 0 Å². The van der Waals surface area contributed by atoms with Crippen molar-refractivity contribution in [3.05, 3.63) is 23.5 Å². The third kappa shape index (κ3) is 5.99. The van der Waals surface area contributed by atoms with Gasteiger partial charge in [-0.1, -0.05) is 58.1 Å². The number of carbonyl (C=O) groups is 1. The van der Waals surface area contributed by atoms with E-state index >= 15 is 0 Å². The molecule has 0 spiro atoms. The molecule has 2 atom stereocenters. The Kier molecular flexibility index (Phi) is 8.44. The van der Waals surface area contributed by atoms with Crippen molar-refractivity contribution in [1.82, 2.24) is 0 Å². The molecule has 2 nitrogen and oxygen atoms in total. The number of aliphatic hydroxyl groups excluding tert-OH is 1. The molecule has 0 aliphatic heterocycles. The van der Waals surface area contributed by atoms with Crippen molar-refractivity contribution >= 4 is 5.78 Å². The average molecular weight is 363 g/mol. The molecule has 2 saturated carbocycles. The molecule has 150 valence electrons. The lowest BCUT2D eigenvalue weighted by Gasteiger charge is -2.42. The predicted octanol–water partition coefficient (Wildman–Crippen LogP) is 7.55.